The molecule has 0 spiro atoms. The SMILES string of the molecule is CCOc1ccc(-c2cc3c(=O)n(CCC(=O)NCCc4cccs4)ccn3n2)cc1. The van der Waals surface area contributed by atoms with Crippen LogP contribution in [0.2, 0.25) is 0 Å². The monoisotopic (exact) mass is 436 g/mol. The van der Waals surface area contributed by atoms with Crippen molar-refractivity contribution in [2.24, 2.45) is 0 Å². The van der Waals surface area contributed by atoms with Crippen molar-refractivity contribution in [2.45, 2.75) is 26.3 Å². The molecule has 0 aliphatic carbocycles. The largest absolute Gasteiger partial charge is 0.494 e. The number of benzene rings is 1. The van der Waals surface area contributed by atoms with Crippen LogP contribution in [0.3, 0.4) is 0 Å². The molecule has 0 radical (unpaired) electrons. The first kappa shape index (κ1) is 20.9. The summed E-state index contributed by atoms with van der Waals surface area (Å²) in [6.07, 6.45) is 4.48. The van der Waals surface area contributed by atoms with Crippen LogP contribution < -0.4 is 15.6 Å². The molecule has 4 aromatic rings. The first-order valence-corrected chi connectivity index (χ1v) is 11.1. The number of nitrogens with zero attached hydrogens (tertiary/aromatic N) is 3. The number of hydrogen-bond donors (Lipinski definition) is 1. The minimum Gasteiger partial charge on any atom is -0.494 e. The van der Waals surface area contributed by atoms with Gasteiger partial charge in [-0.25, -0.2) is 4.52 Å². The summed E-state index contributed by atoms with van der Waals surface area (Å²) in [6, 6.07) is 13.4. The van der Waals surface area contributed by atoms with Gasteiger partial charge in [-0.05, 0) is 55.1 Å². The molecule has 3 aromatic heterocycles. The molecule has 31 heavy (non-hydrogen) atoms. The van der Waals surface area contributed by atoms with Crippen LogP contribution in [-0.2, 0) is 17.8 Å². The van der Waals surface area contributed by atoms with E-state index in [4.69, 9.17) is 4.74 Å². The lowest BCUT2D eigenvalue weighted by Gasteiger charge is -2.07. The van der Waals surface area contributed by atoms with E-state index in [9.17, 15) is 9.59 Å². The van der Waals surface area contributed by atoms with E-state index in [0.29, 0.717) is 30.9 Å². The van der Waals surface area contributed by atoms with Gasteiger partial charge >= 0.3 is 0 Å². The highest BCUT2D eigenvalue weighted by atomic mass is 32.1. The number of aryl methyl sites for hydroxylation is 1. The zero-order valence-corrected chi connectivity index (χ0v) is 18.1. The Kier molecular flexibility index (Phi) is 6.47. The van der Waals surface area contributed by atoms with Gasteiger partial charge < -0.3 is 14.6 Å². The zero-order chi connectivity index (χ0) is 21.6. The summed E-state index contributed by atoms with van der Waals surface area (Å²) >= 11 is 1.68. The van der Waals surface area contributed by atoms with Crippen LogP contribution in [0.1, 0.15) is 18.2 Å². The van der Waals surface area contributed by atoms with Crippen LogP contribution >= 0.6 is 11.3 Å². The van der Waals surface area contributed by atoms with E-state index in [2.05, 4.69) is 16.5 Å². The van der Waals surface area contributed by atoms with Crippen molar-refractivity contribution >= 4 is 22.8 Å². The highest BCUT2D eigenvalue weighted by molar-refractivity contribution is 7.09. The molecule has 1 amide bonds. The van der Waals surface area contributed by atoms with Crippen LogP contribution in [0.5, 0.6) is 5.75 Å². The van der Waals surface area contributed by atoms with Gasteiger partial charge in [0.15, 0.2) is 0 Å². The molecule has 7 nitrogen and oxygen atoms in total. The third-order valence-corrected chi connectivity index (χ3v) is 5.85. The number of rotatable bonds is 9. The Bertz CT molecular complexity index is 1210. The van der Waals surface area contributed by atoms with Gasteiger partial charge in [-0.2, -0.15) is 5.10 Å². The molecule has 160 valence electrons. The smallest absolute Gasteiger partial charge is 0.276 e. The van der Waals surface area contributed by atoms with Gasteiger partial charge in [0.2, 0.25) is 5.91 Å². The number of aromatic nitrogens is 3. The van der Waals surface area contributed by atoms with Crippen molar-refractivity contribution in [3.05, 3.63) is 75.5 Å². The predicted octanol–water partition coefficient (Wildman–Crippen LogP) is 3.37. The average molecular weight is 437 g/mol. The number of fused-ring (bicyclic) bond motifs is 1. The van der Waals surface area contributed by atoms with E-state index in [1.165, 1.54) is 4.88 Å². The quantitative estimate of drug-likeness (QED) is 0.436. The first-order chi connectivity index (χ1) is 15.1. The number of amides is 1. The van der Waals surface area contributed by atoms with Crippen molar-refractivity contribution in [2.75, 3.05) is 13.2 Å². The Morgan fingerprint density at radius 1 is 1.19 bits per heavy atom. The van der Waals surface area contributed by atoms with Crippen LogP contribution in [-0.4, -0.2) is 33.2 Å². The maximum atomic E-state index is 12.8. The molecule has 0 saturated heterocycles. The lowest BCUT2D eigenvalue weighted by Crippen LogP contribution is -2.29. The normalized spacial score (nSPS) is 11.0. The maximum absolute atomic E-state index is 12.8. The molecule has 8 heteroatoms. The van der Waals surface area contributed by atoms with Gasteiger partial charge in [-0.15, -0.1) is 11.3 Å². The summed E-state index contributed by atoms with van der Waals surface area (Å²) in [5.41, 5.74) is 1.93. The minimum atomic E-state index is -0.168. The van der Waals surface area contributed by atoms with Gasteiger partial charge in [0, 0.05) is 42.3 Å². The fourth-order valence-corrected chi connectivity index (χ4v) is 4.03. The van der Waals surface area contributed by atoms with Crippen LogP contribution in [0.4, 0.5) is 0 Å². The van der Waals surface area contributed by atoms with E-state index in [-0.39, 0.29) is 17.9 Å². The summed E-state index contributed by atoms with van der Waals surface area (Å²) in [4.78, 5) is 26.2. The summed E-state index contributed by atoms with van der Waals surface area (Å²) in [6.45, 7) is 3.47. The first-order valence-electron chi connectivity index (χ1n) is 10.2. The molecule has 3 heterocycles. The minimum absolute atomic E-state index is 0.0630. The van der Waals surface area contributed by atoms with E-state index in [0.717, 1.165) is 17.7 Å². The Morgan fingerprint density at radius 2 is 2.03 bits per heavy atom. The molecule has 4 rings (SSSR count). The average Bonchev–Trinajstić information content (AvgIpc) is 3.44. The summed E-state index contributed by atoms with van der Waals surface area (Å²) in [7, 11) is 0. The van der Waals surface area contributed by atoms with Crippen molar-refractivity contribution < 1.29 is 9.53 Å². The van der Waals surface area contributed by atoms with Gasteiger partial charge in [0.1, 0.15) is 11.3 Å². The molecular weight excluding hydrogens is 412 g/mol. The van der Waals surface area contributed by atoms with Crippen molar-refractivity contribution in [3.8, 4) is 17.0 Å². The summed E-state index contributed by atoms with van der Waals surface area (Å²) in [5.74, 6) is 0.734. The molecule has 0 atom stereocenters. The molecule has 0 saturated carbocycles. The summed E-state index contributed by atoms with van der Waals surface area (Å²) < 4.78 is 8.60. The van der Waals surface area contributed by atoms with Crippen LogP contribution in [0.15, 0.2) is 65.0 Å². The van der Waals surface area contributed by atoms with E-state index >= 15 is 0 Å². The second-order valence-electron chi connectivity index (χ2n) is 7.04. The zero-order valence-electron chi connectivity index (χ0n) is 17.3. The number of hydrogen-bond acceptors (Lipinski definition) is 5. The summed E-state index contributed by atoms with van der Waals surface area (Å²) in [5, 5.41) is 9.44. The van der Waals surface area contributed by atoms with E-state index < -0.39 is 0 Å². The molecule has 1 aromatic carbocycles. The van der Waals surface area contributed by atoms with E-state index in [1.54, 1.807) is 38.9 Å². The van der Waals surface area contributed by atoms with Gasteiger partial charge in [0.05, 0.1) is 12.3 Å². The molecule has 0 unspecified atom stereocenters. The predicted molar refractivity (Wildman–Crippen MR) is 122 cm³/mol. The molecule has 0 aliphatic heterocycles. The molecular formula is C23H24N4O3S. The molecule has 1 N–H and O–H groups in total. The third-order valence-electron chi connectivity index (χ3n) is 4.92. The highest BCUT2D eigenvalue weighted by Gasteiger charge is 2.10. The number of nitrogens with one attached hydrogen (secondary N) is 1. The Hall–Kier alpha value is -3.39. The molecule has 0 fully saturated rings. The Balaban J connectivity index is 1.40. The molecule has 0 bridgehead atoms. The van der Waals surface area contributed by atoms with Gasteiger partial charge in [-0.3, -0.25) is 9.59 Å². The second-order valence-corrected chi connectivity index (χ2v) is 8.08. The third kappa shape index (κ3) is 5.03. The van der Waals surface area contributed by atoms with E-state index in [1.807, 2.05) is 42.6 Å². The number of ether oxygens (including phenoxy) is 1. The number of carbonyl (C=O) groups is 1. The fourth-order valence-electron chi connectivity index (χ4n) is 3.32. The second kappa shape index (κ2) is 9.61. The number of thiophene rings is 1. The Labute approximate surface area is 183 Å². The van der Waals surface area contributed by atoms with Crippen LogP contribution in [0, 0.1) is 0 Å². The fraction of sp³-hybridized carbons (Fsp3) is 0.261. The number of carbonyl (C=O) groups excluding carboxylic acids is 1. The van der Waals surface area contributed by atoms with Crippen molar-refractivity contribution in [1.29, 1.82) is 0 Å². The van der Waals surface area contributed by atoms with Crippen molar-refractivity contribution in [3.63, 3.8) is 0 Å². The van der Waals surface area contributed by atoms with Gasteiger partial charge in [-0.1, -0.05) is 6.07 Å². The van der Waals surface area contributed by atoms with Crippen LogP contribution in [0.25, 0.3) is 16.8 Å². The van der Waals surface area contributed by atoms with Gasteiger partial charge in [0.25, 0.3) is 5.56 Å². The topological polar surface area (TPSA) is 77.6 Å². The maximum Gasteiger partial charge on any atom is 0.276 e. The van der Waals surface area contributed by atoms with Crippen molar-refractivity contribution in [1.82, 2.24) is 19.5 Å². The lowest BCUT2D eigenvalue weighted by molar-refractivity contribution is -0.121. The highest BCUT2D eigenvalue weighted by Crippen LogP contribution is 2.21. The lowest BCUT2D eigenvalue weighted by atomic mass is 10.1. The Morgan fingerprint density at radius 3 is 2.77 bits per heavy atom. The molecule has 0 aliphatic rings. The standard InChI is InChI=1S/C23H24N4O3S/c1-2-30-18-7-5-17(6-8-18)20-16-21-23(29)26(13-14-27(21)25-20)12-10-22(28)24-11-9-19-4-3-15-31-19/h3-8,13-16H,2,9-12H2,1H3,(H,24,28).